The molecular weight excluding hydrogens is 346 g/mol. The second kappa shape index (κ2) is 9.66. The summed E-state index contributed by atoms with van der Waals surface area (Å²) in [5.41, 5.74) is 2.16. The number of nitrogens with zero attached hydrogens (tertiary/aromatic N) is 2. The summed E-state index contributed by atoms with van der Waals surface area (Å²) in [5.74, 6) is -0.145. The van der Waals surface area contributed by atoms with E-state index in [1.165, 1.54) is 0 Å². The van der Waals surface area contributed by atoms with E-state index in [0.717, 1.165) is 34.7 Å². The first-order chi connectivity index (χ1) is 13.7. The van der Waals surface area contributed by atoms with Crippen molar-refractivity contribution in [1.29, 1.82) is 5.26 Å². The average Bonchev–Trinajstić information content (AvgIpc) is 2.74. The summed E-state index contributed by atoms with van der Waals surface area (Å²) >= 11 is 0. The smallest absolute Gasteiger partial charge is 0.223 e. The minimum Gasteiger partial charge on any atom is -0.349 e. The third-order valence-corrected chi connectivity index (χ3v) is 5.02. The summed E-state index contributed by atoms with van der Waals surface area (Å²) < 4.78 is 0. The van der Waals surface area contributed by atoms with Gasteiger partial charge in [-0.05, 0) is 35.8 Å². The van der Waals surface area contributed by atoms with Crippen molar-refractivity contribution in [3.8, 4) is 6.07 Å². The molecule has 2 aromatic carbocycles. The van der Waals surface area contributed by atoms with Crippen LogP contribution in [0.5, 0.6) is 0 Å². The van der Waals surface area contributed by atoms with E-state index in [2.05, 4.69) is 22.4 Å². The number of aromatic nitrogens is 1. The van der Waals surface area contributed by atoms with Crippen molar-refractivity contribution in [1.82, 2.24) is 10.3 Å². The quantitative estimate of drug-likeness (QED) is 0.569. The second-order valence-corrected chi connectivity index (χ2v) is 7.15. The monoisotopic (exact) mass is 371 g/mol. The standard InChI is InChI=1S/C24H25N3O/c1-18(15-21-17-26-16-20-11-5-6-12-22(20)21)24(28)27-23(13-7-8-14-25)19-9-3-2-4-10-19/h2-6,9-12,16-18,23H,7-8,13,15H2,1H3,(H,27,28). The molecule has 0 radical (unpaired) electrons. The minimum absolute atomic E-state index is 0.0266. The van der Waals surface area contributed by atoms with Crippen molar-refractivity contribution < 1.29 is 4.79 Å². The van der Waals surface area contributed by atoms with Gasteiger partial charge in [0, 0.05) is 30.1 Å². The molecular formula is C24H25N3O. The van der Waals surface area contributed by atoms with Crippen LogP contribution >= 0.6 is 0 Å². The van der Waals surface area contributed by atoms with Crippen LogP contribution in [0, 0.1) is 17.2 Å². The fourth-order valence-electron chi connectivity index (χ4n) is 3.47. The lowest BCUT2D eigenvalue weighted by Gasteiger charge is -2.21. The molecule has 1 N–H and O–H groups in total. The van der Waals surface area contributed by atoms with Crippen LogP contribution in [0.4, 0.5) is 0 Å². The Kier molecular flexibility index (Phi) is 6.75. The maximum Gasteiger partial charge on any atom is 0.223 e. The highest BCUT2D eigenvalue weighted by atomic mass is 16.1. The number of rotatable bonds is 8. The zero-order valence-electron chi connectivity index (χ0n) is 16.1. The van der Waals surface area contributed by atoms with E-state index in [4.69, 9.17) is 5.26 Å². The van der Waals surface area contributed by atoms with Gasteiger partial charge in [-0.3, -0.25) is 9.78 Å². The van der Waals surface area contributed by atoms with Crippen LogP contribution < -0.4 is 5.32 Å². The Morgan fingerprint density at radius 2 is 1.86 bits per heavy atom. The van der Waals surface area contributed by atoms with Crippen LogP contribution in [-0.4, -0.2) is 10.9 Å². The molecule has 1 amide bonds. The number of hydrogen-bond acceptors (Lipinski definition) is 3. The van der Waals surface area contributed by atoms with Gasteiger partial charge < -0.3 is 5.32 Å². The summed E-state index contributed by atoms with van der Waals surface area (Å²) in [6.07, 6.45) is 6.36. The van der Waals surface area contributed by atoms with Crippen LogP contribution in [-0.2, 0) is 11.2 Å². The number of amides is 1. The maximum atomic E-state index is 12.9. The first-order valence-electron chi connectivity index (χ1n) is 9.73. The van der Waals surface area contributed by atoms with Crippen molar-refractivity contribution in [2.24, 2.45) is 5.92 Å². The fraction of sp³-hybridized carbons (Fsp3) is 0.292. The maximum absolute atomic E-state index is 12.9. The molecule has 0 saturated heterocycles. The summed E-state index contributed by atoms with van der Waals surface area (Å²) in [6, 6.07) is 20.2. The topological polar surface area (TPSA) is 65.8 Å². The van der Waals surface area contributed by atoms with E-state index in [9.17, 15) is 4.79 Å². The summed E-state index contributed by atoms with van der Waals surface area (Å²) in [5, 5.41) is 14.3. The number of carbonyl (C=O) groups is 1. The van der Waals surface area contributed by atoms with Gasteiger partial charge in [0.15, 0.2) is 0 Å². The summed E-state index contributed by atoms with van der Waals surface area (Å²) in [7, 11) is 0. The van der Waals surface area contributed by atoms with E-state index in [0.29, 0.717) is 12.8 Å². The Bertz CT molecular complexity index is 957. The van der Waals surface area contributed by atoms with Crippen molar-refractivity contribution in [2.45, 2.75) is 38.6 Å². The van der Waals surface area contributed by atoms with Crippen molar-refractivity contribution in [3.63, 3.8) is 0 Å². The Labute approximate surface area is 166 Å². The lowest BCUT2D eigenvalue weighted by molar-refractivity contribution is -0.125. The lowest BCUT2D eigenvalue weighted by atomic mass is 9.96. The van der Waals surface area contributed by atoms with Crippen molar-refractivity contribution in [2.75, 3.05) is 0 Å². The Morgan fingerprint density at radius 3 is 2.64 bits per heavy atom. The predicted molar refractivity (Wildman–Crippen MR) is 111 cm³/mol. The minimum atomic E-state index is -0.171. The second-order valence-electron chi connectivity index (χ2n) is 7.15. The molecule has 3 aromatic rings. The Morgan fingerprint density at radius 1 is 1.11 bits per heavy atom. The molecule has 1 aromatic heterocycles. The molecule has 0 fully saturated rings. The van der Waals surface area contributed by atoms with E-state index >= 15 is 0 Å². The van der Waals surface area contributed by atoms with E-state index < -0.39 is 0 Å². The number of unbranched alkanes of at least 4 members (excludes halogenated alkanes) is 1. The van der Waals surface area contributed by atoms with Gasteiger partial charge in [0.2, 0.25) is 5.91 Å². The molecule has 28 heavy (non-hydrogen) atoms. The molecule has 0 spiro atoms. The fourth-order valence-corrected chi connectivity index (χ4v) is 3.47. The molecule has 0 bridgehead atoms. The first-order valence-corrected chi connectivity index (χ1v) is 9.73. The normalized spacial score (nSPS) is 12.9. The highest BCUT2D eigenvalue weighted by molar-refractivity contribution is 5.86. The zero-order chi connectivity index (χ0) is 19.8. The number of carbonyl (C=O) groups excluding carboxylic acids is 1. The molecule has 0 saturated carbocycles. The third-order valence-electron chi connectivity index (χ3n) is 5.02. The van der Waals surface area contributed by atoms with Crippen LogP contribution in [0.1, 0.15) is 43.4 Å². The Hall–Kier alpha value is -3.19. The van der Waals surface area contributed by atoms with E-state index in [1.807, 2.05) is 67.8 Å². The molecule has 142 valence electrons. The number of nitriles is 1. The molecule has 2 unspecified atom stereocenters. The van der Waals surface area contributed by atoms with Gasteiger partial charge in [0.05, 0.1) is 12.1 Å². The van der Waals surface area contributed by atoms with Crippen LogP contribution in [0.25, 0.3) is 10.8 Å². The van der Waals surface area contributed by atoms with Gasteiger partial charge >= 0.3 is 0 Å². The molecule has 3 rings (SSSR count). The summed E-state index contributed by atoms with van der Waals surface area (Å²) in [6.45, 7) is 1.95. The molecule has 0 aliphatic rings. The number of pyridine rings is 1. The van der Waals surface area contributed by atoms with Crippen LogP contribution in [0.2, 0.25) is 0 Å². The molecule has 4 nitrogen and oxygen atoms in total. The largest absolute Gasteiger partial charge is 0.349 e. The number of fused-ring (bicyclic) bond motifs is 1. The first kappa shape index (κ1) is 19.6. The molecule has 0 aliphatic carbocycles. The third kappa shape index (κ3) is 4.95. The zero-order valence-corrected chi connectivity index (χ0v) is 16.1. The van der Waals surface area contributed by atoms with E-state index in [1.54, 1.807) is 0 Å². The SMILES string of the molecule is CC(Cc1cncc2ccccc12)C(=O)NC(CCCC#N)c1ccccc1. The van der Waals surface area contributed by atoms with Gasteiger partial charge in [-0.15, -0.1) is 0 Å². The molecule has 4 heteroatoms. The van der Waals surface area contributed by atoms with Gasteiger partial charge in [0.25, 0.3) is 0 Å². The van der Waals surface area contributed by atoms with Gasteiger partial charge in [0.1, 0.15) is 0 Å². The number of benzene rings is 2. The molecule has 1 heterocycles. The Balaban J connectivity index is 1.71. The van der Waals surface area contributed by atoms with Gasteiger partial charge in [-0.2, -0.15) is 5.26 Å². The van der Waals surface area contributed by atoms with Crippen molar-refractivity contribution >= 4 is 16.7 Å². The van der Waals surface area contributed by atoms with Crippen LogP contribution in [0.15, 0.2) is 67.0 Å². The van der Waals surface area contributed by atoms with Gasteiger partial charge in [-0.1, -0.05) is 61.5 Å². The number of nitrogens with one attached hydrogen (secondary N) is 1. The van der Waals surface area contributed by atoms with Gasteiger partial charge in [-0.25, -0.2) is 0 Å². The summed E-state index contributed by atoms with van der Waals surface area (Å²) in [4.78, 5) is 17.2. The van der Waals surface area contributed by atoms with Crippen LogP contribution in [0.3, 0.4) is 0 Å². The lowest BCUT2D eigenvalue weighted by Crippen LogP contribution is -2.33. The predicted octanol–water partition coefficient (Wildman–Crippen LogP) is 4.96. The highest BCUT2D eigenvalue weighted by Crippen LogP contribution is 2.22. The molecule has 0 aliphatic heterocycles. The average molecular weight is 371 g/mol. The highest BCUT2D eigenvalue weighted by Gasteiger charge is 2.20. The molecule has 2 atom stereocenters. The van der Waals surface area contributed by atoms with Crippen molar-refractivity contribution in [3.05, 3.63) is 78.1 Å². The van der Waals surface area contributed by atoms with E-state index in [-0.39, 0.29) is 17.9 Å². The number of hydrogen-bond donors (Lipinski definition) is 1.